The maximum absolute atomic E-state index is 12.5. The number of phenolic OH excluding ortho intramolecular Hbond substituents is 1. The molecule has 1 aromatic heterocycles. The normalized spacial score (nSPS) is 13.5. The Hall–Kier alpha value is -3.02. The topological polar surface area (TPSA) is 92.2 Å². The van der Waals surface area contributed by atoms with Crippen LogP contribution < -0.4 is 5.32 Å². The summed E-state index contributed by atoms with van der Waals surface area (Å²) in [6, 6.07) is 6.85. The van der Waals surface area contributed by atoms with Crippen molar-refractivity contribution in [1.29, 1.82) is 0 Å². The van der Waals surface area contributed by atoms with Gasteiger partial charge in [-0.1, -0.05) is 12.1 Å². The molecule has 1 aliphatic rings. The Bertz CT molecular complexity index is 855. The average Bonchev–Trinajstić information content (AvgIpc) is 2.56. The summed E-state index contributed by atoms with van der Waals surface area (Å²) in [6.07, 6.45) is 1.94. The highest BCUT2D eigenvalue weighted by molar-refractivity contribution is 6.22. The lowest BCUT2D eigenvalue weighted by Gasteiger charge is -2.16. The van der Waals surface area contributed by atoms with Crippen molar-refractivity contribution in [2.45, 2.75) is 20.3 Å². The number of carbonyl (C=O) groups excluding carboxylic acids is 2. The molecular formula is C18H17N3O3. The van der Waals surface area contributed by atoms with Gasteiger partial charge in [-0.05, 0) is 38.0 Å². The second-order valence-electron chi connectivity index (χ2n) is 5.69. The number of hydrogen-bond acceptors (Lipinski definition) is 6. The van der Waals surface area contributed by atoms with E-state index in [0.29, 0.717) is 24.4 Å². The molecule has 6 heteroatoms. The second kappa shape index (κ2) is 6.23. The quantitative estimate of drug-likeness (QED) is 0.893. The molecular weight excluding hydrogens is 306 g/mol. The smallest absolute Gasteiger partial charge is 0.229 e. The molecule has 0 radical (unpaired) electrons. The Morgan fingerprint density at radius 1 is 1.00 bits per heavy atom. The van der Waals surface area contributed by atoms with Gasteiger partial charge >= 0.3 is 0 Å². The number of aromatic nitrogens is 2. The molecule has 1 aromatic carbocycles. The number of allylic oxidation sites excluding steroid dienone is 2. The van der Waals surface area contributed by atoms with E-state index in [9.17, 15) is 14.7 Å². The first-order valence-corrected chi connectivity index (χ1v) is 7.63. The number of ketones is 2. The van der Waals surface area contributed by atoms with Gasteiger partial charge < -0.3 is 10.4 Å². The van der Waals surface area contributed by atoms with Gasteiger partial charge in [0.05, 0.1) is 17.1 Å². The van der Waals surface area contributed by atoms with Crippen molar-refractivity contribution >= 4 is 11.6 Å². The fourth-order valence-corrected chi connectivity index (χ4v) is 2.46. The van der Waals surface area contributed by atoms with Crippen LogP contribution >= 0.6 is 0 Å². The minimum Gasteiger partial charge on any atom is -0.508 e. The monoisotopic (exact) mass is 323 g/mol. The van der Waals surface area contributed by atoms with Gasteiger partial charge in [0, 0.05) is 12.6 Å². The number of rotatable bonds is 4. The minimum absolute atomic E-state index is 0.109. The molecule has 0 aliphatic heterocycles. The summed E-state index contributed by atoms with van der Waals surface area (Å²) in [7, 11) is 0. The third-order valence-electron chi connectivity index (χ3n) is 3.94. The molecule has 1 heterocycles. The number of nitrogens with zero attached hydrogens (tertiary/aromatic N) is 2. The van der Waals surface area contributed by atoms with Gasteiger partial charge in [-0.2, -0.15) is 0 Å². The van der Waals surface area contributed by atoms with Gasteiger partial charge in [0.25, 0.3) is 0 Å². The number of nitrogens with one attached hydrogen (secondary N) is 1. The maximum atomic E-state index is 12.5. The van der Waals surface area contributed by atoms with Crippen LogP contribution in [0, 0.1) is 13.8 Å². The first-order chi connectivity index (χ1) is 11.5. The van der Waals surface area contributed by atoms with Crippen molar-refractivity contribution < 1.29 is 14.7 Å². The van der Waals surface area contributed by atoms with E-state index in [4.69, 9.17) is 0 Å². The largest absolute Gasteiger partial charge is 0.508 e. The maximum Gasteiger partial charge on any atom is 0.229 e. The van der Waals surface area contributed by atoms with Crippen LogP contribution in [0.4, 0.5) is 0 Å². The zero-order valence-electron chi connectivity index (χ0n) is 13.5. The Labute approximate surface area is 139 Å². The number of carbonyl (C=O) groups is 2. The van der Waals surface area contributed by atoms with Crippen molar-refractivity contribution in [3.05, 3.63) is 64.4 Å². The van der Waals surface area contributed by atoms with Crippen LogP contribution in [0.25, 0.3) is 0 Å². The molecule has 24 heavy (non-hydrogen) atoms. The van der Waals surface area contributed by atoms with Gasteiger partial charge in [-0.25, -0.2) is 9.97 Å². The standard InChI is InChI=1S/C18H17N3O3/c1-10-11(2)21-17-16(20-10)15(23)9-14(18(17)24)19-8-7-12-3-5-13(22)6-4-12/h3-6,9,19,22H,7-8H2,1-2H3. The van der Waals surface area contributed by atoms with Gasteiger partial charge in [0.1, 0.15) is 17.1 Å². The first-order valence-electron chi connectivity index (χ1n) is 7.63. The molecule has 0 saturated heterocycles. The summed E-state index contributed by atoms with van der Waals surface area (Å²) in [5, 5.41) is 12.3. The molecule has 0 saturated carbocycles. The molecule has 0 spiro atoms. The number of benzene rings is 1. The minimum atomic E-state index is -0.314. The Kier molecular flexibility index (Phi) is 4.12. The molecule has 2 N–H and O–H groups in total. The van der Waals surface area contributed by atoms with Gasteiger partial charge in [0.2, 0.25) is 11.6 Å². The molecule has 0 atom stereocenters. The number of aromatic hydroxyl groups is 1. The van der Waals surface area contributed by atoms with Crippen LogP contribution in [0.5, 0.6) is 5.75 Å². The highest BCUT2D eigenvalue weighted by Gasteiger charge is 2.29. The lowest BCUT2D eigenvalue weighted by molar-refractivity contribution is 0.0970. The SMILES string of the molecule is Cc1nc2c(nc1C)C(=O)C(NCCc1ccc(O)cc1)=CC2=O. The molecule has 3 rings (SSSR count). The number of aryl methyl sites for hydroxylation is 2. The zero-order valence-corrected chi connectivity index (χ0v) is 13.5. The summed E-state index contributed by atoms with van der Waals surface area (Å²) in [5.74, 6) is -0.415. The lowest BCUT2D eigenvalue weighted by Crippen LogP contribution is -2.30. The summed E-state index contributed by atoms with van der Waals surface area (Å²) >= 11 is 0. The predicted molar refractivity (Wildman–Crippen MR) is 88.1 cm³/mol. The van der Waals surface area contributed by atoms with E-state index >= 15 is 0 Å². The fraction of sp³-hybridized carbons (Fsp3) is 0.222. The molecule has 0 fully saturated rings. The highest BCUT2D eigenvalue weighted by Crippen LogP contribution is 2.18. The number of hydrogen-bond donors (Lipinski definition) is 2. The third kappa shape index (κ3) is 3.03. The number of Topliss-reactive ketones (excluding diaryl/α,β-unsaturated/α-hetero) is 1. The van der Waals surface area contributed by atoms with Crippen LogP contribution in [-0.2, 0) is 6.42 Å². The second-order valence-corrected chi connectivity index (χ2v) is 5.69. The highest BCUT2D eigenvalue weighted by atomic mass is 16.3. The summed E-state index contributed by atoms with van der Waals surface area (Å²) in [4.78, 5) is 33.1. The molecule has 1 aliphatic carbocycles. The molecule has 0 amide bonds. The van der Waals surface area contributed by atoms with E-state index in [1.54, 1.807) is 26.0 Å². The zero-order chi connectivity index (χ0) is 17.3. The van der Waals surface area contributed by atoms with E-state index in [2.05, 4.69) is 15.3 Å². The Morgan fingerprint density at radius 3 is 2.29 bits per heavy atom. The fourth-order valence-electron chi connectivity index (χ4n) is 2.46. The first kappa shape index (κ1) is 15.9. The number of fused-ring (bicyclic) bond motifs is 1. The van der Waals surface area contributed by atoms with Crippen LogP contribution in [0.1, 0.15) is 37.9 Å². The molecule has 6 nitrogen and oxygen atoms in total. The molecule has 122 valence electrons. The van der Waals surface area contributed by atoms with Gasteiger partial charge in [-0.3, -0.25) is 9.59 Å². The van der Waals surface area contributed by atoms with Crippen molar-refractivity contribution in [2.75, 3.05) is 6.54 Å². The Balaban J connectivity index is 1.73. The van der Waals surface area contributed by atoms with Crippen LogP contribution in [0.3, 0.4) is 0 Å². The molecule has 0 bridgehead atoms. The van der Waals surface area contributed by atoms with Crippen molar-refractivity contribution in [3.8, 4) is 5.75 Å². The summed E-state index contributed by atoms with van der Waals surface area (Å²) < 4.78 is 0. The van der Waals surface area contributed by atoms with E-state index < -0.39 is 0 Å². The van der Waals surface area contributed by atoms with Gasteiger partial charge in [0.15, 0.2) is 0 Å². The predicted octanol–water partition coefficient (Wildman–Crippen LogP) is 1.89. The Morgan fingerprint density at radius 2 is 1.62 bits per heavy atom. The van der Waals surface area contributed by atoms with Crippen molar-refractivity contribution in [2.24, 2.45) is 0 Å². The average molecular weight is 323 g/mol. The van der Waals surface area contributed by atoms with Crippen LogP contribution in [0.2, 0.25) is 0 Å². The lowest BCUT2D eigenvalue weighted by atomic mass is 10.0. The van der Waals surface area contributed by atoms with Crippen molar-refractivity contribution in [1.82, 2.24) is 15.3 Å². The third-order valence-corrected chi connectivity index (χ3v) is 3.94. The van der Waals surface area contributed by atoms with E-state index in [-0.39, 0.29) is 34.4 Å². The van der Waals surface area contributed by atoms with E-state index in [1.807, 2.05) is 12.1 Å². The van der Waals surface area contributed by atoms with E-state index in [0.717, 1.165) is 5.56 Å². The molecule has 0 unspecified atom stereocenters. The summed E-state index contributed by atoms with van der Waals surface area (Å²) in [5.41, 5.74) is 2.77. The van der Waals surface area contributed by atoms with Crippen LogP contribution in [-0.4, -0.2) is 33.2 Å². The van der Waals surface area contributed by atoms with Crippen molar-refractivity contribution in [3.63, 3.8) is 0 Å². The van der Waals surface area contributed by atoms with Crippen LogP contribution in [0.15, 0.2) is 36.0 Å². The van der Waals surface area contributed by atoms with E-state index in [1.165, 1.54) is 6.08 Å². The van der Waals surface area contributed by atoms with Gasteiger partial charge in [-0.15, -0.1) is 0 Å². The number of phenols is 1. The molecule has 2 aromatic rings. The summed E-state index contributed by atoms with van der Waals surface area (Å²) in [6.45, 7) is 4.01.